The van der Waals surface area contributed by atoms with Gasteiger partial charge in [0.15, 0.2) is 0 Å². The molecule has 0 unspecified atom stereocenters. The molecular weight excluding hydrogens is 1690 g/mol. The van der Waals surface area contributed by atoms with Gasteiger partial charge in [-0.15, -0.1) is 0 Å². The number of ether oxygens (including phenoxy) is 4. The fourth-order valence-corrected chi connectivity index (χ4v) is 29.6. The lowest BCUT2D eigenvalue weighted by Gasteiger charge is -2.37. The molecule has 0 saturated heterocycles. The van der Waals surface area contributed by atoms with Gasteiger partial charge in [-0.25, -0.2) is 0 Å². The molecule has 12 saturated carbocycles. The van der Waals surface area contributed by atoms with Crippen molar-refractivity contribution >= 4 is 23.9 Å². The van der Waals surface area contributed by atoms with Crippen LogP contribution in [0.4, 0.5) is 0 Å². The monoisotopic (exact) mass is 1900 g/mol. The number of hydrogen-bond acceptors (Lipinski definition) is 8. The molecule has 0 radical (unpaired) electrons. The largest absolute Gasteiger partial charge is 0.426 e. The highest BCUT2D eigenvalue weighted by Gasteiger charge is 2.40. The zero-order chi connectivity index (χ0) is 93.6. The average Bonchev–Trinajstić information content (AvgIpc) is 0.843. The molecule has 0 aromatic heterocycles. The Labute approximate surface area is 849 Å². The second-order valence-electron chi connectivity index (χ2n) is 47.4. The van der Waals surface area contributed by atoms with Gasteiger partial charge in [-0.05, 0) is 446 Å². The Morgan fingerprint density at radius 2 is 0.355 bits per heavy atom. The van der Waals surface area contributed by atoms with Crippen LogP contribution in [0.5, 0.6) is 23.0 Å². The molecule has 12 fully saturated rings. The predicted molar refractivity (Wildman–Crippen MR) is 586 cm³/mol. The van der Waals surface area contributed by atoms with E-state index in [0.29, 0.717) is 23.7 Å². The normalized spacial score (nSPS) is 31.7. The quantitative estimate of drug-likeness (QED) is 0.0259. The van der Waals surface area contributed by atoms with Gasteiger partial charge >= 0.3 is 23.9 Å². The van der Waals surface area contributed by atoms with Crippen LogP contribution in [0.25, 0.3) is 0 Å². The Kier molecular flexibility index (Phi) is 53.3. The van der Waals surface area contributed by atoms with E-state index in [4.69, 9.17) is 18.9 Å². The fraction of sp³-hybridized carbons (Fsp3) is 0.785. The van der Waals surface area contributed by atoms with Gasteiger partial charge in [0, 0.05) is 0 Å². The third-order valence-corrected chi connectivity index (χ3v) is 38.6. The highest BCUT2D eigenvalue weighted by Crippen LogP contribution is 2.50. The Morgan fingerprint density at radius 1 is 0.188 bits per heavy atom. The molecule has 0 spiro atoms. The first-order valence-electron chi connectivity index (χ1n) is 58.9. The van der Waals surface area contributed by atoms with Crippen molar-refractivity contribution in [2.45, 2.75) is 533 Å². The zero-order valence-electron chi connectivity index (χ0n) is 87.0. The molecule has 4 aromatic carbocycles. The summed E-state index contributed by atoms with van der Waals surface area (Å²) in [7, 11) is 0. The second kappa shape index (κ2) is 63.2. The summed E-state index contributed by atoms with van der Waals surface area (Å²) in [6, 6.07) is 34.0. The predicted octanol–water partition coefficient (Wildman–Crippen LogP) is 39.6. The van der Waals surface area contributed by atoms with Crippen LogP contribution in [0.3, 0.4) is 0 Å². The number of carbonyl (C=O) groups is 4. The lowest BCUT2D eigenvalue weighted by molar-refractivity contribution is -0.141. The van der Waals surface area contributed by atoms with Crippen molar-refractivity contribution in [1.29, 1.82) is 0 Å². The van der Waals surface area contributed by atoms with E-state index in [1.165, 1.54) is 395 Å². The first-order chi connectivity index (χ1) is 65.6. The Hall–Kier alpha value is -5.24. The highest BCUT2D eigenvalue weighted by atomic mass is 16.5. The van der Waals surface area contributed by atoms with Crippen molar-refractivity contribution in [2.75, 3.05) is 0 Å². The van der Waals surface area contributed by atoms with E-state index < -0.39 is 0 Å². The van der Waals surface area contributed by atoms with Crippen molar-refractivity contribution in [3.63, 3.8) is 0 Å². The van der Waals surface area contributed by atoms with Crippen LogP contribution in [-0.4, -0.2) is 23.9 Å². The van der Waals surface area contributed by atoms with E-state index >= 15 is 0 Å². The molecule has 8 heteroatoms. The van der Waals surface area contributed by atoms with Crippen molar-refractivity contribution in [1.82, 2.24) is 0 Å². The van der Waals surface area contributed by atoms with Gasteiger partial charge in [-0.2, -0.15) is 0 Å². The third-order valence-electron chi connectivity index (χ3n) is 38.6. The van der Waals surface area contributed by atoms with Crippen LogP contribution in [0, 0.1) is 118 Å². The molecule has 16 rings (SSSR count). The minimum Gasteiger partial charge on any atom is -0.426 e. The molecule has 780 valence electrons. The molecule has 0 aliphatic heterocycles. The number of rotatable bonds is 34. The van der Waals surface area contributed by atoms with Gasteiger partial charge in [0.25, 0.3) is 0 Å². The molecule has 0 bridgehead atoms. The Balaban J connectivity index is 0.000000204. The van der Waals surface area contributed by atoms with Gasteiger partial charge in [0.1, 0.15) is 23.0 Å². The molecule has 8 nitrogen and oxygen atoms in total. The maximum absolute atomic E-state index is 12.9. The standard InChI is InChI=1S/C33H52O2.C32H50O2.C31H48O2.C30H46O2.4CH4/c1-3-5-6-8-26-11-15-28(16-12-26)30-21-23-32(24-22-30)35-33(34)31-19-17-29(18-20-31)27-13-9-25(7-4-2)10-14-27;1-3-5-7-25-10-14-27(15-11-25)29-20-22-31(23-21-29)34-32(33)30-18-16-28(17-19-30)26-12-8-24(6-4-2)9-13-26;1-3-5-23-7-11-25(12-8-23)27-15-17-29(18-16-27)31(32)33-30-21-19-28(20-22-30)26-13-9-24(6-4-2)10-14-26;1-3-5-23-8-12-25(13-9-23)26-14-16-28(17-15-26)30(31)32-29-20-18-27(19-21-29)24-10-6-22(4-2)7-11-24;;;;/h21-29,31H,3-20H2,1-2H3;20-28,30H,3-19H2,1-2H3;19-27,29H,3-18H2,1-2H3;18-26,28H,3-17H2,1-2H3;4*1H4. The molecule has 0 heterocycles. The smallest absolute Gasteiger partial charge is 0.314 e. The van der Waals surface area contributed by atoms with E-state index in [9.17, 15) is 19.2 Å². The van der Waals surface area contributed by atoms with E-state index in [1.807, 2.05) is 48.5 Å². The van der Waals surface area contributed by atoms with Gasteiger partial charge in [-0.3, -0.25) is 19.2 Å². The topological polar surface area (TPSA) is 105 Å². The van der Waals surface area contributed by atoms with Crippen LogP contribution < -0.4 is 18.9 Å². The molecule has 12 aliphatic rings. The van der Waals surface area contributed by atoms with Crippen LogP contribution in [0.1, 0.15) is 555 Å². The summed E-state index contributed by atoms with van der Waals surface area (Å²) >= 11 is 0. The van der Waals surface area contributed by atoms with E-state index in [2.05, 4.69) is 104 Å². The molecule has 0 atom stereocenters. The lowest BCUT2D eigenvalue weighted by Crippen LogP contribution is -2.30. The van der Waals surface area contributed by atoms with E-state index in [0.717, 1.165) is 169 Å². The summed E-state index contributed by atoms with van der Waals surface area (Å²) in [6.07, 6.45) is 87.2. The maximum atomic E-state index is 12.9. The number of carbonyl (C=O) groups excluding carboxylic acids is 4. The minimum atomic E-state index is 0. The summed E-state index contributed by atoms with van der Waals surface area (Å²) in [5, 5.41) is 0. The fourth-order valence-electron chi connectivity index (χ4n) is 29.6. The number of unbranched alkanes of at least 4 members (excludes halogenated alkanes) is 3. The number of hydrogen-bond donors (Lipinski definition) is 0. The highest BCUT2D eigenvalue weighted by molar-refractivity contribution is 5.77. The Morgan fingerprint density at radius 3 is 0.536 bits per heavy atom. The first kappa shape index (κ1) is 116. The summed E-state index contributed by atoms with van der Waals surface area (Å²) < 4.78 is 23.3. The van der Waals surface area contributed by atoms with E-state index in [-0.39, 0.29) is 77.3 Å². The molecule has 0 N–H and O–H groups in total. The molecule has 0 amide bonds. The Bertz CT molecular complexity index is 3840. The summed E-state index contributed by atoms with van der Waals surface area (Å²) in [4.78, 5) is 51.4. The summed E-state index contributed by atoms with van der Waals surface area (Å²) in [6.45, 7) is 18.5. The van der Waals surface area contributed by atoms with Crippen LogP contribution in [0.2, 0.25) is 0 Å². The van der Waals surface area contributed by atoms with Crippen LogP contribution in [-0.2, 0) is 19.2 Å². The molecule has 12 aliphatic carbocycles. The number of esters is 4. The molecular formula is C130H212O8. The first-order valence-corrected chi connectivity index (χ1v) is 58.9. The van der Waals surface area contributed by atoms with Gasteiger partial charge in [-0.1, -0.05) is 301 Å². The van der Waals surface area contributed by atoms with Crippen LogP contribution >= 0.6 is 0 Å². The molecule has 138 heavy (non-hydrogen) atoms. The van der Waals surface area contributed by atoms with E-state index in [1.54, 1.807) is 0 Å². The van der Waals surface area contributed by atoms with Crippen molar-refractivity contribution in [2.24, 2.45) is 118 Å². The minimum absolute atomic E-state index is 0. The van der Waals surface area contributed by atoms with Crippen LogP contribution in [0.15, 0.2) is 97.1 Å². The lowest BCUT2D eigenvalue weighted by atomic mass is 9.69. The van der Waals surface area contributed by atoms with Crippen molar-refractivity contribution in [3.05, 3.63) is 119 Å². The number of benzene rings is 4. The van der Waals surface area contributed by atoms with Crippen molar-refractivity contribution < 1.29 is 38.1 Å². The van der Waals surface area contributed by atoms with Gasteiger partial charge in [0.2, 0.25) is 0 Å². The maximum Gasteiger partial charge on any atom is 0.314 e. The van der Waals surface area contributed by atoms with Gasteiger partial charge < -0.3 is 18.9 Å². The summed E-state index contributed by atoms with van der Waals surface area (Å²) in [5.74, 6) is 20.9. The average molecular weight is 1900 g/mol. The second-order valence-corrected chi connectivity index (χ2v) is 47.4. The summed E-state index contributed by atoms with van der Waals surface area (Å²) in [5.41, 5.74) is 5.72. The SMILES string of the molecule is C.C.C.C.CCCC1CCC(C2CCC(C(=O)Oc3ccc(C4CCC(CC)CC4)cc3)CC2)CC1.CCCC1CCC(c2ccc(OC(=O)C3CCC(C4CCC(CCC)CC4)CC3)cc2)CC1.CCCCC1CCC(c2ccc(OC(=O)C3CCC(C4CCC(CCC)CC4)CC3)cc2)CC1.CCCCCC1CCC(c2ccc(OC(=O)C3CCC(C4CCC(CCC)CC4)CC3)cc2)CC1. The van der Waals surface area contributed by atoms with Gasteiger partial charge in [0.05, 0.1) is 23.7 Å². The molecule has 4 aromatic rings. The zero-order valence-corrected chi connectivity index (χ0v) is 87.0. The third kappa shape index (κ3) is 36.8. The van der Waals surface area contributed by atoms with Crippen molar-refractivity contribution in [3.8, 4) is 23.0 Å².